The van der Waals surface area contributed by atoms with Gasteiger partial charge in [0.25, 0.3) is 0 Å². The van der Waals surface area contributed by atoms with Gasteiger partial charge in [-0.1, -0.05) is 24.3 Å². The van der Waals surface area contributed by atoms with Crippen LogP contribution in [0.15, 0.2) is 42.5 Å². The molecule has 0 heterocycles. The van der Waals surface area contributed by atoms with E-state index in [0.717, 1.165) is 5.56 Å². The summed E-state index contributed by atoms with van der Waals surface area (Å²) in [6, 6.07) is 12.0. The molecule has 0 aromatic heterocycles. The van der Waals surface area contributed by atoms with Gasteiger partial charge in [0.2, 0.25) is 0 Å². The quantitative estimate of drug-likeness (QED) is 0.856. The maximum absolute atomic E-state index is 13.5. The molecular weight excluding hydrogens is 269 g/mol. The number of halogens is 1. The normalized spacial score (nSPS) is 12.1. The van der Waals surface area contributed by atoms with E-state index in [1.165, 1.54) is 6.07 Å². The van der Waals surface area contributed by atoms with Crippen LogP contribution in [0.3, 0.4) is 0 Å². The number of aromatic hydroxyl groups is 1. The number of phenols is 1. The van der Waals surface area contributed by atoms with Gasteiger partial charge in [-0.2, -0.15) is 0 Å². The molecule has 112 valence electrons. The molecule has 0 saturated carbocycles. The molecule has 0 aliphatic carbocycles. The fourth-order valence-electron chi connectivity index (χ4n) is 2.25. The lowest BCUT2D eigenvalue weighted by atomic mass is 10.1. The first kappa shape index (κ1) is 15.3. The van der Waals surface area contributed by atoms with Gasteiger partial charge in [0.05, 0.1) is 7.11 Å². The predicted octanol–water partition coefficient (Wildman–Crippen LogP) is 3.43. The number of benzene rings is 2. The average molecular weight is 289 g/mol. The summed E-state index contributed by atoms with van der Waals surface area (Å²) in [6.45, 7) is 2.59. The van der Waals surface area contributed by atoms with Crippen LogP contribution in [0.25, 0.3) is 0 Å². The molecule has 0 bridgehead atoms. The molecule has 0 saturated heterocycles. The van der Waals surface area contributed by atoms with Gasteiger partial charge in [0.1, 0.15) is 17.3 Å². The Hall–Kier alpha value is -2.07. The minimum atomic E-state index is -0.181. The fourth-order valence-corrected chi connectivity index (χ4v) is 2.25. The SMILES string of the molecule is COc1ccc(C(C)NCCc2ccccc2F)c(O)c1. The van der Waals surface area contributed by atoms with Crippen LogP contribution >= 0.6 is 0 Å². The van der Waals surface area contributed by atoms with E-state index in [9.17, 15) is 9.50 Å². The zero-order valence-corrected chi connectivity index (χ0v) is 12.3. The van der Waals surface area contributed by atoms with E-state index in [1.807, 2.05) is 25.1 Å². The summed E-state index contributed by atoms with van der Waals surface area (Å²) < 4.78 is 18.6. The molecule has 21 heavy (non-hydrogen) atoms. The van der Waals surface area contributed by atoms with E-state index in [-0.39, 0.29) is 17.6 Å². The summed E-state index contributed by atoms with van der Waals surface area (Å²) in [6.07, 6.45) is 0.605. The van der Waals surface area contributed by atoms with Crippen molar-refractivity contribution in [2.45, 2.75) is 19.4 Å². The minimum absolute atomic E-state index is 0.0253. The number of nitrogens with one attached hydrogen (secondary N) is 1. The maximum Gasteiger partial charge on any atom is 0.126 e. The van der Waals surface area contributed by atoms with E-state index in [2.05, 4.69) is 5.32 Å². The molecule has 0 radical (unpaired) electrons. The summed E-state index contributed by atoms with van der Waals surface area (Å²) in [4.78, 5) is 0. The van der Waals surface area contributed by atoms with Crippen LogP contribution in [0.5, 0.6) is 11.5 Å². The van der Waals surface area contributed by atoms with Crippen LogP contribution in [0.2, 0.25) is 0 Å². The Kier molecular flexibility index (Phi) is 5.17. The average Bonchev–Trinajstić information content (AvgIpc) is 2.48. The predicted molar refractivity (Wildman–Crippen MR) is 81.2 cm³/mol. The van der Waals surface area contributed by atoms with Gasteiger partial charge in [0.15, 0.2) is 0 Å². The molecule has 2 aromatic rings. The molecule has 1 unspecified atom stereocenters. The lowest BCUT2D eigenvalue weighted by molar-refractivity contribution is 0.404. The van der Waals surface area contributed by atoms with Crippen molar-refractivity contribution in [3.63, 3.8) is 0 Å². The van der Waals surface area contributed by atoms with Crippen LogP contribution in [0.4, 0.5) is 4.39 Å². The smallest absolute Gasteiger partial charge is 0.126 e. The largest absolute Gasteiger partial charge is 0.507 e. The molecule has 2 N–H and O–H groups in total. The maximum atomic E-state index is 13.5. The Morgan fingerprint density at radius 1 is 1.24 bits per heavy atom. The van der Waals surface area contributed by atoms with Crippen LogP contribution in [0, 0.1) is 5.82 Å². The Morgan fingerprint density at radius 2 is 2.00 bits per heavy atom. The highest BCUT2D eigenvalue weighted by Crippen LogP contribution is 2.28. The first-order valence-corrected chi connectivity index (χ1v) is 6.95. The highest BCUT2D eigenvalue weighted by molar-refractivity contribution is 5.41. The highest BCUT2D eigenvalue weighted by atomic mass is 19.1. The zero-order chi connectivity index (χ0) is 15.2. The Labute approximate surface area is 124 Å². The Balaban J connectivity index is 1.93. The second kappa shape index (κ2) is 7.09. The van der Waals surface area contributed by atoms with E-state index in [0.29, 0.717) is 24.3 Å². The van der Waals surface area contributed by atoms with Gasteiger partial charge >= 0.3 is 0 Å². The monoisotopic (exact) mass is 289 g/mol. The lowest BCUT2D eigenvalue weighted by Gasteiger charge is -2.16. The van der Waals surface area contributed by atoms with Crippen molar-refractivity contribution >= 4 is 0 Å². The van der Waals surface area contributed by atoms with Crippen LogP contribution < -0.4 is 10.1 Å². The molecule has 4 heteroatoms. The first-order valence-electron chi connectivity index (χ1n) is 6.95. The van der Waals surface area contributed by atoms with Gasteiger partial charge < -0.3 is 15.2 Å². The molecule has 3 nitrogen and oxygen atoms in total. The van der Waals surface area contributed by atoms with Crippen molar-refractivity contribution in [1.82, 2.24) is 5.32 Å². The second-order valence-electron chi connectivity index (χ2n) is 4.94. The van der Waals surface area contributed by atoms with E-state index >= 15 is 0 Å². The number of ether oxygens (including phenoxy) is 1. The van der Waals surface area contributed by atoms with Crippen LogP contribution in [-0.4, -0.2) is 18.8 Å². The standard InChI is InChI=1S/C17H20FNO2/c1-12(15-8-7-14(21-2)11-17(15)20)19-10-9-13-5-3-4-6-16(13)18/h3-8,11-12,19-20H,9-10H2,1-2H3. The summed E-state index contributed by atoms with van der Waals surface area (Å²) >= 11 is 0. The van der Waals surface area contributed by atoms with Crippen molar-refractivity contribution in [3.05, 3.63) is 59.4 Å². The second-order valence-corrected chi connectivity index (χ2v) is 4.94. The number of hydrogen-bond donors (Lipinski definition) is 2. The molecular formula is C17H20FNO2. The third-order valence-corrected chi connectivity index (χ3v) is 3.51. The highest BCUT2D eigenvalue weighted by Gasteiger charge is 2.11. The molecule has 0 spiro atoms. The fraction of sp³-hybridized carbons (Fsp3) is 0.294. The molecule has 2 aromatic carbocycles. The van der Waals surface area contributed by atoms with Crippen molar-refractivity contribution in [2.75, 3.05) is 13.7 Å². The van der Waals surface area contributed by atoms with Crippen molar-refractivity contribution in [2.24, 2.45) is 0 Å². The van der Waals surface area contributed by atoms with Crippen LogP contribution in [-0.2, 0) is 6.42 Å². The minimum Gasteiger partial charge on any atom is -0.507 e. The van der Waals surface area contributed by atoms with E-state index in [4.69, 9.17) is 4.74 Å². The summed E-state index contributed by atoms with van der Waals surface area (Å²) in [5.41, 5.74) is 1.49. The molecule has 0 aliphatic rings. The van der Waals surface area contributed by atoms with E-state index < -0.39 is 0 Å². The summed E-state index contributed by atoms with van der Waals surface area (Å²) in [5.74, 6) is 0.634. The van der Waals surface area contributed by atoms with Gasteiger partial charge in [-0.15, -0.1) is 0 Å². The molecule has 0 aliphatic heterocycles. The third kappa shape index (κ3) is 3.95. The molecule has 0 fully saturated rings. The van der Waals surface area contributed by atoms with Gasteiger partial charge in [-0.05, 0) is 37.6 Å². The van der Waals surface area contributed by atoms with Gasteiger partial charge in [-0.3, -0.25) is 0 Å². The molecule has 0 amide bonds. The number of phenolic OH excluding ortho intramolecular Hbond substituents is 1. The van der Waals surface area contributed by atoms with Gasteiger partial charge in [0, 0.05) is 17.7 Å². The van der Waals surface area contributed by atoms with Crippen molar-refractivity contribution in [1.29, 1.82) is 0 Å². The number of rotatable bonds is 6. The summed E-state index contributed by atoms with van der Waals surface area (Å²) in [7, 11) is 1.56. The molecule has 2 rings (SSSR count). The Bertz CT molecular complexity index is 601. The van der Waals surface area contributed by atoms with Gasteiger partial charge in [-0.25, -0.2) is 4.39 Å². The molecule has 1 atom stereocenters. The van der Waals surface area contributed by atoms with Crippen LogP contribution in [0.1, 0.15) is 24.1 Å². The zero-order valence-electron chi connectivity index (χ0n) is 12.3. The summed E-state index contributed by atoms with van der Waals surface area (Å²) in [5, 5.41) is 13.3. The Morgan fingerprint density at radius 3 is 2.67 bits per heavy atom. The lowest BCUT2D eigenvalue weighted by Crippen LogP contribution is -2.21. The topological polar surface area (TPSA) is 41.5 Å². The number of methoxy groups -OCH3 is 1. The van der Waals surface area contributed by atoms with E-state index in [1.54, 1.807) is 25.3 Å². The number of hydrogen-bond acceptors (Lipinski definition) is 3. The van der Waals surface area contributed by atoms with Crippen molar-refractivity contribution in [3.8, 4) is 11.5 Å². The van der Waals surface area contributed by atoms with Crippen molar-refractivity contribution < 1.29 is 14.2 Å². The third-order valence-electron chi connectivity index (χ3n) is 3.51. The first-order chi connectivity index (χ1) is 10.1.